The average Bonchev–Trinajstić information content (AvgIpc) is 3.57. The highest BCUT2D eigenvalue weighted by Crippen LogP contribution is 2.33. The molecule has 1 amide bonds. The number of benzene rings is 5. The topological polar surface area (TPSA) is 50.8 Å². The van der Waals surface area contributed by atoms with Crippen molar-refractivity contribution in [3.05, 3.63) is 161 Å². The Morgan fingerprint density at radius 2 is 1.33 bits per heavy atom. The summed E-state index contributed by atoms with van der Waals surface area (Å²) in [6.45, 7) is 3.36. The third-order valence-corrected chi connectivity index (χ3v) is 9.10. The van der Waals surface area contributed by atoms with E-state index >= 15 is 0 Å². The molecule has 6 rings (SSSR count). The zero-order valence-electron chi connectivity index (χ0n) is 26.1. The van der Waals surface area contributed by atoms with E-state index in [1.807, 2.05) is 42.1 Å². The summed E-state index contributed by atoms with van der Waals surface area (Å²) in [6.07, 6.45) is 3.05. The Kier molecular flexibility index (Phi) is 11.1. The molecule has 0 radical (unpaired) electrons. The van der Waals surface area contributed by atoms with E-state index in [-0.39, 0.29) is 12.7 Å². The molecule has 0 spiro atoms. The molecule has 0 saturated carbocycles. The summed E-state index contributed by atoms with van der Waals surface area (Å²) in [7, 11) is 0. The van der Waals surface area contributed by atoms with Crippen molar-refractivity contribution in [3.63, 3.8) is 0 Å². The van der Waals surface area contributed by atoms with Crippen LogP contribution in [0.5, 0.6) is 11.5 Å². The SMILES string of the molecule is O=C(NCc1ccc(CN(CCSc2ccccc2)Cc2ccc3c(c2)OCO3)cc1)c1cccc(CCCc2ccccc2)c1. The summed E-state index contributed by atoms with van der Waals surface area (Å²) in [5.41, 5.74) is 6.78. The Bertz CT molecular complexity index is 1690. The molecule has 0 aliphatic carbocycles. The minimum absolute atomic E-state index is 0.0418. The van der Waals surface area contributed by atoms with Crippen LogP contribution in [0.3, 0.4) is 0 Å². The van der Waals surface area contributed by atoms with Crippen molar-refractivity contribution in [1.29, 1.82) is 0 Å². The van der Waals surface area contributed by atoms with Gasteiger partial charge in [0, 0.05) is 42.4 Å². The first-order valence-electron chi connectivity index (χ1n) is 16.0. The third-order valence-electron chi connectivity index (χ3n) is 8.11. The summed E-state index contributed by atoms with van der Waals surface area (Å²) >= 11 is 1.88. The lowest BCUT2D eigenvalue weighted by molar-refractivity contribution is 0.0950. The van der Waals surface area contributed by atoms with Crippen molar-refractivity contribution in [3.8, 4) is 11.5 Å². The van der Waals surface area contributed by atoms with Crippen LogP contribution in [0.15, 0.2) is 132 Å². The second-order valence-corrected chi connectivity index (χ2v) is 12.8. The lowest BCUT2D eigenvalue weighted by atomic mass is 10.0. The number of carbonyl (C=O) groups excluding carboxylic acids is 1. The van der Waals surface area contributed by atoms with Crippen LogP contribution in [0, 0.1) is 0 Å². The molecule has 0 aromatic heterocycles. The van der Waals surface area contributed by atoms with Crippen LogP contribution >= 0.6 is 11.8 Å². The third kappa shape index (κ3) is 9.25. The molecule has 5 aromatic carbocycles. The Labute approximate surface area is 276 Å². The highest BCUT2D eigenvalue weighted by Gasteiger charge is 2.15. The maximum atomic E-state index is 13.0. The normalized spacial score (nSPS) is 11.9. The summed E-state index contributed by atoms with van der Waals surface area (Å²) < 4.78 is 11.1. The number of ether oxygens (including phenoxy) is 2. The number of aryl methyl sites for hydroxylation is 2. The van der Waals surface area contributed by atoms with E-state index in [2.05, 4.69) is 107 Å². The summed E-state index contributed by atoms with van der Waals surface area (Å²) in [5.74, 6) is 2.58. The van der Waals surface area contributed by atoms with Gasteiger partial charge in [0.15, 0.2) is 11.5 Å². The van der Waals surface area contributed by atoms with Gasteiger partial charge in [0.2, 0.25) is 6.79 Å². The monoisotopic (exact) mass is 628 g/mol. The molecule has 5 nitrogen and oxygen atoms in total. The largest absolute Gasteiger partial charge is 0.454 e. The first-order chi connectivity index (χ1) is 22.7. The van der Waals surface area contributed by atoms with E-state index in [0.717, 1.165) is 61.7 Å². The molecule has 0 atom stereocenters. The van der Waals surface area contributed by atoms with Crippen LogP contribution in [0.25, 0.3) is 0 Å². The number of thioether (sulfide) groups is 1. The van der Waals surface area contributed by atoms with Gasteiger partial charge in [-0.05, 0) is 83.5 Å². The van der Waals surface area contributed by atoms with E-state index in [1.54, 1.807) is 0 Å². The zero-order chi connectivity index (χ0) is 31.4. The number of hydrogen-bond donors (Lipinski definition) is 1. The maximum absolute atomic E-state index is 13.0. The molecule has 46 heavy (non-hydrogen) atoms. The molecule has 0 bridgehead atoms. The molecule has 1 aliphatic heterocycles. The molecule has 1 N–H and O–H groups in total. The number of nitrogens with zero attached hydrogens (tertiary/aromatic N) is 1. The molecule has 5 aromatic rings. The van der Waals surface area contributed by atoms with Crippen molar-refractivity contribution >= 4 is 17.7 Å². The minimum Gasteiger partial charge on any atom is -0.454 e. The zero-order valence-corrected chi connectivity index (χ0v) is 26.9. The lowest BCUT2D eigenvalue weighted by Crippen LogP contribution is -2.25. The van der Waals surface area contributed by atoms with Crippen LogP contribution in [-0.4, -0.2) is 29.9 Å². The van der Waals surface area contributed by atoms with Gasteiger partial charge in [0.05, 0.1) is 0 Å². The minimum atomic E-state index is -0.0418. The molecular formula is C40H40N2O3S. The van der Waals surface area contributed by atoms with Crippen LogP contribution in [0.1, 0.15) is 44.6 Å². The summed E-state index contributed by atoms with van der Waals surface area (Å²) in [6, 6.07) is 43.9. The van der Waals surface area contributed by atoms with Gasteiger partial charge >= 0.3 is 0 Å². The maximum Gasteiger partial charge on any atom is 0.251 e. The van der Waals surface area contributed by atoms with Crippen LogP contribution in [0.2, 0.25) is 0 Å². The smallest absolute Gasteiger partial charge is 0.251 e. The lowest BCUT2D eigenvalue weighted by Gasteiger charge is -2.23. The molecule has 0 fully saturated rings. The van der Waals surface area contributed by atoms with Gasteiger partial charge in [-0.1, -0.05) is 91.0 Å². The first-order valence-corrected chi connectivity index (χ1v) is 16.9. The van der Waals surface area contributed by atoms with Gasteiger partial charge in [0.1, 0.15) is 0 Å². The van der Waals surface area contributed by atoms with Gasteiger partial charge in [0.25, 0.3) is 5.91 Å². The number of rotatable bonds is 15. The van der Waals surface area contributed by atoms with Crippen LogP contribution in [0.4, 0.5) is 0 Å². The van der Waals surface area contributed by atoms with Gasteiger partial charge in [-0.25, -0.2) is 0 Å². The van der Waals surface area contributed by atoms with E-state index in [4.69, 9.17) is 9.47 Å². The van der Waals surface area contributed by atoms with Crippen molar-refractivity contribution in [2.75, 3.05) is 19.1 Å². The Morgan fingerprint density at radius 1 is 0.652 bits per heavy atom. The number of amides is 1. The van der Waals surface area contributed by atoms with Crippen LogP contribution in [-0.2, 0) is 32.5 Å². The quantitative estimate of drug-likeness (QED) is 0.118. The highest BCUT2D eigenvalue weighted by atomic mass is 32.2. The van der Waals surface area contributed by atoms with Crippen LogP contribution < -0.4 is 14.8 Å². The summed E-state index contributed by atoms with van der Waals surface area (Å²) in [5, 5.41) is 3.11. The second kappa shape index (κ2) is 16.2. The van der Waals surface area contributed by atoms with Gasteiger partial charge in [-0.3, -0.25) is 9.69 Å². The number of hydrogen-bond acceptors (Lipinski definition) is 5. The van der Waals surface area contributed by atoms with Gasteiger partial charge < -0.3 is 14.8 Å². The average molecular weight is 629 g/mol. The Morgan fingerprint density at radius 3 is 2.15 bits per heavy atom. The standard InChI is InChI=1S/C40H40N2O3S/c43-40(36-14-8-13-32(25-36)12-7-11-31-9-3-1-4-10-31)41-27-33-17-19-34(20-18-33)28-42(23-24-46-37-15-5-2-6-16-37)29-35-21-22-38-39(26-35)45-30-44-38/h1-6,8-10,13-22,25-26H,7,11-12,23-24,27-30H2,(H,41,43). The fourth-order valence-electron chi connectivity index (χ4n) is 5.64. The first kappa shape index (κ1) is 31.5. The Hall–Kier alpha value is -4.52. The fourth-order valence-corrected chi connectivity index (χ4v) is 6.57. The van der Waals surface area contributed by atoms with Crippen molar-refractivity contribution in [1.82, 2.24) is 10.2 Å². The fraction of sp³-hybridized carbons (Fsp3) is 0.225. The molecule has 6 heteroatoms. The van der Waals surface area contributed by atoms with E-state index in [0.29, 0.717) is 12.1 Å². The van der Waals surface area contributed by atoms with E-state index in [9.17, 15) is 4.79 Å². The van der Waals surface area contributed by atoms with Crippen molar-refractivity contribution < 1.29 is 14.3 Å². The predicted molar refractivity (Wildman–Crippen MR) is 186 cm³/mol. The summed E-state index contributed by atoms with van der Waals surface area (Å²) in [4.78, 5) is 16.7. The second-order valence-electron chi connectivity index (χ2n) is 11.6. The molecular weight excluding hydrogens is 589 g/mol. The number of fused-ring (bicyclic) bond motifs is 1. The molecule has 0 saturated heterocycles. The highest BCUT2D eigenvalue weighted by molar-refractivity contribution is 7.99. The molecule has 0 unspecified atom stereocenters. The molecule has 234 valence electrons. The molecule has 1 heterocycles. The van der Waals surface area contributed by atoms with Crippen molar-refractivity contribution in [2.45, 2.75) is 43.8 Å². The number of carbonyl (C=O) groups is 1. The van der Waals surface area contributed by atoms with Crippen molar-refractivity contribution in [2.24, 2.45) is 0 Å². The van der Waals surface area contributed by atoms with E-state index in [1.165, 1.54) is 27.1 Å². The molecule has 1 aliphatic rings. The number of nitrogens with one attached hydrogen (secondary N) is 1. The Balaban J connectivity index is 1.02. The van der Waals surface area contributed by atoms with Gasteiger partial charge in [-0.15, -0.1) is 11.8 Å². The van der Waals surface area contributed by atoms with Gasteiger partial charge in [-0.2, -0.15) is 0 Å². The van der Waals surface area contributed by atoms with E-state index < -0.39 is 0 Å². The predicted octanol–water partition coefficient (Wildman–Crippen LogP) is 8.32.